The number of halogens is 4. The highest BCUT2D eigenvalue weighted by Crippen LogP contribution is 2.30. The normalized spacial score (nSPS) is 12.2. The maximum absolute atomic E-state index is 13.2. The van der Waals surface area contributed by atoms with Crippen LogP contribution in [0.1, 0.15) is 29.5 Å². The van der Waals surface area contributed by atoms with Crippen LogP contribution >= 0.6 is 11.6 Å². The quantitative estimate of drug-likeness (QED) is 0.311. The number of amides is 1. The molecule has 0 atom stereocenters. The van der Waals surface area contributed by atoms with E-state index < -0.39 is 11.7 Å². The van der Waals surface area contributed by atoms with Crippen molar-refractivity contribution in [3.63, 3.8) is 0 Å². The molecular weight excluding hydrogens is 415 g/mol. The molecule has 0 aliphatic heterocycles. The highest BCUT2D eigenvalue weighted by atomic mass is 35.5. The Morgan fingerprint density at radius 3 is 2.67 bits per heavy atom. The lowest BCUT2D eigenvalue weighted by molar-refractivity contribution is -0.137. The summed E-state index contributed by atoms with van der Waals surface area (Å²) < 4.78 is 39.6. The first-order valence-electron chi connectivity index (χ1n) is 9.30. The zero-order chi connectivity index (χ0) is 21.6. The summed E-state index contributed by atoms with van der Waals surface area (Å²) in [6, 6.07) is 14.2. The number of rotatable bonds is 7. The summed E-state index contributed by atoms with van der Waals surface area (Å²) in [4.78, 5) is 16.3. The van der Waals surface area contributed by atoms with Crippen LogP contribution in [0.25, 0.3) is 10.9 Å². The maximum Gasteiger partial charge on any atom is 0.416 e. The van der Waals surface area contributed by atoms with Crippen molar-refractivity contribution in [2.45, 2.75) is 25.4 Å². The molecule has 2 aromatic carbocycles. The van der Waals surface area contributed by atoms with Gasteiger partial charge in [-0.15, -0.1) is 11.6 Å². The molecular formula is C22H19ClF3N3O. The van der Waals surface area contributed by atoms with Gasteiger partial charge < -0.3 is 0 Å². The standard InChI is InChI=1S/C22H19ClF3N3O/c23-11-4-9-21(30)29-28-20(16-5-3-6-17(13-16)22(24,25)26)14-15-10-12-27-19-8-2-1-7-18(15)19/h1-3,5-8,10,12-13H,4,9,11,14H2,(H,29,30). The number of carbonyl (C=O) groups excluding carboxylic acids is 1. The number of hydrogen-bond donors (Lipinski definition) is 1. The predicted molar refractivity (Wildman–Crippen MR) is 112 cm³/mol. The summed E-state index contributed by atoms with van der Waals surface area (Å²) in [5.74, 6) is -0.0135. The van der Waals surface area contributed by atoms with Crippen molar-refractivity contribution in [2.24, 2.45) is 5.10 Å². The molecule has 0 saturated carbocycles. The highest BCUT2D eigenvalue weighted by molar-refractivity contribution is 6.17. The third kappa shape index (κ3) is 5.57. The van der Waals surface area contributed by atoms with Crippen LogP contribution in [0.2, 0.25) is 0 Å². The summed E-state index contributed by atoms with van der Waals surface area (Å²) >= 11 is 5.60. The van der Waals surface area contributed by atoms with Gasteiger partial charge in [-0.3, -0.25) is 9.78 Å². The summed E-state index contributed by atoms with van der Waals surface area (Å²) in [5, 5.41) is 5.03. The van der Waals surface area contributed by atoms with Gasteiger partial charge in [0.2, 0.25) is 5.91 Å². The van der Waals surface area contributed by atoms with Gasteiger partial charge in [0.1, 0.15) is 0 Å². The smallest absolute Gasteiger partial charge is 0.273 e. The third-order valence-electron chi connectivity index (χ3n) is 4.47. The van der Waals surface area contributed by atoms with E-state index in [1.54, 1.807) is 18.3 Å². The fraction of sp³-hybridized carbons (Fsp3) is 0.227. The lowest BCUT2D eigenvalue weighted by atomic mass is 9.98. The Morgan fingerprint density at radius 1 is 1.10 bits per heavy atom. The van der Waals surface area contributed by atoms with Crippen molar-refractivity contribution < 1.29 is 18.0 Å². The Kier molecular flexibility index (Phi) is 7.05. The zero-order valence-electron chi connectivity index (χ0n) is 15.9. The van der Waals surface area contributed by atoms with Crippen molar-refractivity contribution in [1.82, 2.24) is 10.4 Å². The largest absolute Gasteiger partial charge is 0.416 e. The highest BCUT2D eigenvalue weighted by Gasteiger charge is 2.30. The molecule has 156 valence electrons. The van der Waals surface area contributed by atoms with E-state index in [2.05, 4.69) is 15.5 Å². The number of pyridine rings is 1. The first-order chi connectivity index (χ1) is 14.4. The van der Waals surface area contributed by atoms with E-state index in [0.717, 1.165) is 28.6 Å². The number of aromatic nitrogens is 1. The molecule has 0 unspecified atom stereocenters. The van der Waals surface area contributed by atoms with Crippen molar-refractivity contribution in [2.75, 3.05) is 5.88 Å². The van der Waals surface area contributed by atoms with Gasteiger partial charge in [-0.05, 0) is 41.8 Å². The second-order valence-electron chi connectivity index (χ2n) is 6.63. The minimum Gasteiger partial charge on any atom is -0.273 e. The van der Waals surface area contributed by atoms with Crippen LogP contribution in [0.3, 0.4) is 0 Å². The van der Waals surface area contributed by atoms with Crippen LogP contribution in [-0.2, 0) is 17.4 Å². The molecule has 3 aromatic rings. The minimum absolute atomic E-state index is 0.182. The Bertz CT molecular complexity index is 1060. The van der Waals surface area contributed by atoms with Crippen molar-refractivity contribution in [1.29, 1.82) is 0 Å². The van der Waals surface area contributed by atoms with E-state index in [4.69, 9.17) is 11.6 Å². The summed E-state index contributed by atoms with van der Waals surface area (Å²) in [7, 11) is 0. The fourth-order valence-corrected chi connectivity index (χ4v) is 3.12. The molecule has 0 radical (unpaired) electrons. The molecule has 0 aliphatic carbocycles. The molecule has 0 fully saturated rings. The molecule has 4 nitrogen and oxygen atoms in total. The van der Waals surface area contributed by atoms with Crippen LogP contribution in [0, 0.1) is 0 Å². The van der Waals surface area contributed by atoms with Gasteiger partial charge in [-0.25, -0.2) is 5.43 Å². The Balaban J connectivity index is 1.98. The predicted octanol–water partition coefficient (Wildman–Crippen LogP) is 5.34. The number of hydrazone groups is 1. The second kappa shape index (κ2) is 9.71. The van der Waals surface area contributed by atoms with Gasteiger partial charge in [0.05, 0.1) is 16.8 Å². The SMILES string of the molecule is O=C(CCCCl)NN=C(Cc1ccnc2ccccc12)c1cccc(C(F)(F)F)c1. The number of carbonyl (C=O) groups is 1. The van der Waals surface area contributed by atoms with E-state index in [1.807, 2.05) is 24.3 Å². The van der Waals surface area contributed by atoms with Crippen LogP contribution in [0.4, 0.5) is 13.2 Å². The number of benzene rings is 2. The summed E-state index contributed by atoms with van der Waals surface area (Å²) in [5.41, 5.74) is 3.86. The van der Waals surface area contributed by atoms with Gasteiger partial charge in [-0.2, -0.15) is 18.3 Å². The van der Waals surface area contributed by atoms with E-state index >= 15 is 0 Å². The molecule has 3 rings (SSSR count). The summed E-state index contributed by atoms with van der Waals surface area (Å²) in [6.07, 6.45) is -1.95. The molecule has 8 heteroatoms. The van der Waals surface area contributed by atoms with Crippen molar-refractivity contribution in [3.8, 4) is 0 Å². The number of hydrogen-bond acceptors (Lipinski definition) is 3. The average Bonchev–Trinajstić information content (AvgIpc) is 2.74. The molecule has 0 saturated heterocycles. The van der Waals surface area contributed by atoms with E-state index in [-0.39, 0.29) is 24.3 Å². The molecule has 0 spiro atoms. The third-order valence-corrected chi connectivity index (χ3v) is 4.74. The molecule has 1 heterocycles. The van der Waals surface area contributed by atoms with Crippen LogP contribution in [0.15, 0.2) is 65.9 Å². The number of para-hydroxylation sites is 1. The number of fused-ring (bicyclic) bond motifs is 1. The van der Waals surface area contributed by atoms with Crippen LogP contribution in [0.5, 0.6) is 0 Å². The van der Waals surface area contributed by atoms with Gasteiger partial charge in [0.15, 0.2) is 0 Å². The fourth-order valence-electron chi connectivity index (χ4n) is 2.98. The van der Waals surface area contributed by atoms with Crippen LogP contribution < -0.4 is 5.43 Å². The number of nitrogens with zero attached hydrogens (tertiary/aromatic N) is 2. The second-order valence-corrected chi connectivity index (χ2v) is 7.01. The maximum atomic E-state index is 13.2. The lowest BCUT2D eigenvalue weighted by Crippen LogP contribution is -2.21. The number of nitrogens with one attached hydrogen (secondary N) is 1. The van der Waals surface area contributed by atoms with Crippen molar-refractivity contribution in [3.05, 3.63) is 77.5 Å². The van der Waals surface area contributed by atoms with E-state index in [9.17, 15) is 18.0 Å². The minimum atomic E-state index is -4.48. The molecule has 1 amide bonds. The Hall–Kier alpha value is -2.93. The molecule has 30 heavy (non-hydrogen) atoms. The van der Waals surface area contributed by atoms with Crippen LogP contribution in [-0.4, -0.2) is 22.5 Å². The topological polar surface area (TPSA) is 54.4 Å². The Morgan fingerprint density at radius 2 is 1.90 bits per heavy atom. The van der Waals surface area contributed by atoms with Gasteiger partial charge in [0.25, 0.3) is 0 Å². The first kappa shape index (κ1) is 21.8. The summed E-state index contributed by atoms with van der Waals surface area (Å²) in [6.45, 7) is 0. The number of alkyl halides is 4. The molecule has 0 bridgehead atoms. The van der Waals surface area contributed by atoms with Crippen molar-refractivity contribution >= 4 is 34.1 Å². The molecule has 1 N–H and O–H groups in total. The van der Waals surface area contributed by atoms with Gasteiger partial charge in [-0.1, -0.05) is 30.3 Å². The molecule has 0 aliphatic rings. The lowest BCUT2D eigenvalue weighted by Gasteiger charge is -2.12. The molecule has 1 aromatic heterocycles. The van der Waals surface area contributed by atoms with E-state index in [1.165, 1.54) is 6.07 Å². The van der Waals surface area contributed by atoms with E-state index in [0.29, 0.717) is 18.0 Å². The monoisotopic (exact) mass is 433 g/mol. The van der Waals surface area contributed by atoms with Gasteiger partial charge in [0, 0.05) is 30.3 Å². The zero-order valence-corrected chi connectivity index (χ0v) is 16.7. The average molecular weight is 434 g/mol. The first-order valence-corrected chi connectivity index (χ1v) is 9.83. The Labute approximate surface area is 176 Å². The van der Waals surface area contributed by atoms with Gasteiger partial charge >= 0.3 is 6.18 Å².